The molecule has 11 nitrogen and oxygen atoms in total. The summed E-state index contributed by atoms with van der Waals surface area (Å²) in [6.45, 7) is 3.80. The molecule has 12 heteroatoms. The predicted molar refractivity (Wildman–Crippen MR) is 138 cm³/mol. The second-order valence-corrected chi connectivity index (χ2v) is 10.4. The van der Waals surface area contributed by atoms with E-state index in [1.165, 1.54) is 43.0 Å². The van der Waals surface area contributed by atoms with Crippen molar-refractivity contribution in [3.63, 3.8) is 0 Å². The van der Waals surface area contributed by atoms with E-state index in [2.05, 4.69) is 34.8 Å². The average molecular weight is 530 g/mol. The van der Waals surface area contributed by atoms with E-state index in [1.807, 2.05) is 0 Å². The molecule has 1 saturated heterocycles. The number of aliphatic hydroxyl groups is 3. The highest BCUT2D eigenvalue weighted by molar-refractivity contribution is 7.99. The maximum absolute atomic E-state index is 12.9. The van der Waals surface area contributed by atoms with Crippen LogP contribution in [0, 0.1) is 0 Å². The van der Waals surface area contributed by atoms with Gasteiger partial charge in [-0.2, -0.15) is 11.8 Å². The number of nitrogens with zero attached hydrogens (tertiary/aromatic N) is 3. The summed E-state index contributed by atoms with van der Waals surface area (Å²) in [7, 11) is 0. The minimum atomic E-state index is -1.30. The van der Waals surface area contributed by atoms with E-state index >= 15 is 0 Å². The first-order valence-electron chi connectivity index (χ1n) is 13.1. The van der Waals surface area contributed by atoms with Crippen molar-refractivity contribution in [1.82, 2.24) is 20.3 Å². The third kappa shape index (κ3) is 9.97. The minimum absolute atomic E-state index is 0.126. The van der Waals surface area contributed by atoms with Crippen LogP contribution in [0.25, 0.3) is 0 Å². The maximum atomic E-state index is 12.9. The second-order valence-electron chi connectivity index (χ2n) is 9.22. The fraction of sp³-hybridized carbons (Fsp3) is 0.833. The monoisotopic (exact) mass is 529 g/mol. The Bertz CT molecular complexity index is 782. The number of ether oxygens (including phenoxy) is 1. The SMILES string of the molecule is CCCCCCCCCCC(=O)N[C@H](CSCCC)C(=O)Nc1cn([C@H]2OC(CO)[C@@H](O)[C@H]2O)nn1. The van der Waals surface area contributed by atoms with E-state index in [4.69, 9.17) is 4.74 Å². The van der Waals surface area contributed by atoms with Gasteiger partial charge in [0.15, 0.2) is 12.0 Å². The first-order chi connectivity index (χ1) is 17.4. The van der Waals surface area contributed by atoms with Crippen LogP contribution in [0.1, 0.15) is 84.3 Å². The Balaban J connectivity index is 1.84. The van der Waals surface area contributed by atoms with Gasteiger partial charge in [-0.15, -0.1) is 5.10 Å². The molecule has 2 rings (SSSR count). The largest absolute Gasteiger partial charge is 0.394 e. The molecule has 1 aliphatic heterocycles. The van der Waals surface area contributed by atoms with Crippen LogP contribution in [0.15, 0.2) is 6.20 Å². The molecule has 0 bridgehead atoms. The molecular weight excluding hydrogens is 486 g/mol. The molecule has 1 aromatic heterocycles. The number of carbonyl (C=O) groups is 2. The van der Waals surface area contributed by atoms with E-state index in [-0.39, 0.29) is 11.7 Å². The van der Waals surface area contributed by atoms with Crippen molar-refractivity contribution in [3.8, 4) is 0 Å². The second kappa shape index (κ2) is 16.9. The molecule has 1 fully saturated rings. The van der Waals surface area contributed by atoms with Crippen molar-refractivity contribution in [2.24, 2.45) is 0 Å². The van der Waals surface area contributed by atoms with Crippen LogP contribution in [0.4, 0.5) is 5.82 Å². The Morgan fingerprint density at radius 3 is 2.42 bits per heavy atom. The van der Waals surface area contributed by atoms with E-state index < -0.39 is 43.1 Å². The molecule has 2 amide bonds. The quantitative estimate of drug-likeness (QED) is 0.179. The third-order valence-corrected chi connectivity index (χ3v) is 7.35. The zero-order valence-corrected chi connectivity index (χ0v) is 22.3. The van der Waals surface area contributed by atoms with Gasteiger partial charge in [-0.05, 0) is 18.6 Å². The average Bonchev–Trinajstić information content (AvgIpc) is 3.44. The highest BCUT2D eigenvalue weighted by Gasteiger charge is 2.44. The van der Waals surface area contributed by atoms with Gasteiger partial charge in [0.1, 0.15) is 24.4 Å². The summed E-state index contributed by atoms with van der Waals surface area (Å²) in [6, 6.07) is -0.720. The van der Waals surface area contributed by atoms with Crippen molar-refractivity contribution in [1.29, 1.82) is 0 Å². The molecule has 5 atom stereocenters. The number of hydrogen-bond acceptors (Lipinski definition) is 9. The summed E-state index contributed by atoms with van der Waals surface area (Å²) < 4.78 is 6.60. The first-order valence-corrected chi connectivity index (χ1v) is 14.3. The lowest BCUT2D eigenvalue weighted by Gasteiger charge is -2.17. The van der Waals surface area contributed by atoms with Gasteiger partial charge in [0.05, 0.1) is 12.8 Å². The number of aliphatic hydroxyl groups excluding tert-OH is 3. The number of nitrogens with one attached hydrogen (secondary N) is 2. The van der Waals surface area contributed by atoms with E-state index in [9.17, 15) is 24.9 Å². The Morgan fingerprint density at radius 2 is 1.78 bits per heavy atom. The summed E-state index contributed by atoms with van der Waals surface area (Å²) >= 11 is 1.59. The van der Waals surface area contributed by atoms with Crippen LogP contribution in [0.3, 0.4) is 0 Å². The van der Waals surface area contributed by atoms with Crippen molar-refractivity contribution in [2.75, 3.05) is 23.4 Å². The number of rotatable bonds is 18. The van der Waals surface area contributed by atoms with Crippen LogP contribution in [0.5, 0.6) is 0 Å². The molecular formula is C24H43N5O6S. The molecule has 0 spiro atoms. The number of anilines is 1. The van der Waals surface area contributed by atoms with Gasteiger partial charge in [-0.25, -0.2) is 4.68 Å². The highest BCUT2D eigenvalue weighted by atomic mass is 32.2. The fourth-order valence-electron chi connectivity index (χ4n) is 3.98. The van der Waals surface area contributed by atoms with Gasteiger partial charge in [-0.3, -0.25) is 9.59 Å². The van der Waals surface area contributed by atoms with E-state index in [1.54, 1.807) is 11.8 Å². The number of aromatic nitrogens is 3. The Morgan fingerprint density at radius 1 is 1.08 bits per heavy atom. The van der Waals surface area contributed by atoms with Crippen LogP contribution in [0.2, 0.25) is 0 Å². The molecule has 0 aliphatic carbocycles. The van der Waals surface area contributed by atoms with Crippen LogP contribution < -0.4 is 10.6 Å². The highest BCUT2D eigenvalue weighted by Crippen LogP contribution is 2.29. The van der Waals surface area contributed by atoms with Gasteiger partial charge in [0.2, 0.25) is 11.8 Å². The lowest BCUT2D eigenvalue weighted by molar-refractivity contribution is -0.126. The number of carbonyl (C=O) groups excluding carboxylic acids is 2. The zero-order chi connectivity index (χ0) is 26.3. The maximum Gasteiger partial charge on any atom is 0.249 e. The summed E-state index contributed by atoms with van der Waals surface area (Å²) in [5.74, 6) is 0.885. The standard InChI is InChI=1S/C24H43N5O6S/c1-3-5-6-7-8-9-10-11-12-20(31)25-17(16-36-13-4-2)23(34)26-19-14-29(28-27-19)24-22(33)21(32)18(15-30)35-24/h14,17-18,21-22,24,30,32-33H,3-13,15-16H2,1-2H3,(H,25,31)(H,26,34)/t17-,18?,21-,22-,24+/m1/s1. The van der Waals surface area contributed by atoms with Crippen molar-refractivity contribution in [2.45, 2.75) is 109 Å². The molecule has 1 unspecified atom stereocenters. The van der Waals surface area contributed by atoms with Crippen LogP contribution >= 0.6 is 11.8 Å². The molecule has 0 saturated carbocycles. The lowest BCUT2D eigenvalue weighted by Crippen LogP contribution is -2.45. The third-order valence-electron chi connectivity index (χ3n) is 6.08. The fourth-order valence-corrected chi connectivity index (χ4v) is 4.91. The number of thioether (sulfide) groups is 1. The number of unbranched alkanes of at least 4 members (excludes halogenated alkanes) is 7. The Kier molecular flexibility index (Phi) is 14.3. The van der Waals surface area contributed by atoms with Gasteiger partial charge in [-0.1, -0.05) is 64.0 Å². The molecule has 1 aliphatic rings. The summed E-state index contributed by atoms with van der Waals surface area (Å²) in [5.41, 5.74) is 0. The van der Waals surface area contributed by atoms with Crippen LogP contribution in [-0.4, -0.2) is 84.6 Å². The Hall–Kier alpha value is -1.73. The normalized spacial score (nSPS) is 22.5. The summed E-state index contributed by atoms with van der Waals surface area (Å²) in [5, 5.41) is 42.6. The molecule has 1 aromatic rings. The van der Waals surface area contributed by atoms with Gasteiger partial charge < -0.3 is 30.7 Å². The zero-order valence-electron chi connectivity index (χ0n) is 21.5. The molecule has 0 radical (unpaired) electrons. The van der Waals surface area contributed by atoms with E-state index in [0.717, 1.165) is 31.4 Å². The van der Waals surface area contributed by atoms with Crippen LogP contribution in [-0.2, 0) is 14.3 Å². The minimum Gasteiger partial charge on any atom is -0.394 e. The number of hydrogen-bond donors (Lipinski definition) is 5. The molecule has 206 valence electrons. The van der Waals surface area contributed by atoms with Gasteiger partial charge in [0.25, 0.3) is 0 Å². The van der Waals surface area contributed by atoms with Gasteiger partial charge >= 0.3 is 0 Å². The smallest absolute Gasteiger partial charge is 0.249 e. The predicted octanol–water partition coefficient (Wildman–Crippen LogP) is 1.99. The number of amides is 2. The lowest BCUT2D eigenvalue weighted by atomic mass is 10.1. The molecule has 0 aromatic carbocycles. The molecule has 36 heavy (non-hydrogen) atoms. The topological polar surface area (TPSA) is 159 Å². The first kappa shape index (κ1) is 30.5. The van der Waals surface area contributed by atoms with Crippen molar-refractivity contribution in [3.05, 3.63) is 6.20 Å². The van der Waals surface area contributed by atoms with Crippen molar-refractivity contribution < 1.29 is 29.6 Å². The van der Waals surface area contributed by atoms with E-state index in [0.29, 0.717) is 12.2 Å². The van der Waals surface area contributed by atoms with Crippen molar-refractivity contribution >= 4 is 29.4 Å². The molecule has 5 N–H and O–H groups in total. The molecule has 2 heterocycles. The van der Waals surface area contributed by atoms with Gasteiger partial charge in [0, 0.05) is 12.2 Å². The summed E-state index contributed by atoms with van der Waals surface area (Å²) in [6.07, 6.45) is 7.33. The summed E-state index contributed by atoms with van der Waals surface area (Å²) in [4.78, 5) is 25.4. The Labute approximate surface area is 217 Å².